The molecule has 1 aromatic heterocycles. The van der Waals surface area contributed by atoms with Crippen molar-refractivity contribution in [2.45, 2.75) is 39.2 Å². The molecule has 2 heterocycles. The van der Waals surface area contributed by atoms with Crippen LogP contribution in [-0.4, -0.2) is 21.9 Å². The first-order chi connectivity index (χ1) is 11.2. The first-order valence-electron chi connectivity index (χ1n) is 7.92. The zero-order valence-electron chi connectivity index (χ0n) is 13.5. The number of nitrogens with zero attached hydrogens (tertiary/aromatic N) is 4. The van der Waals surface area contributed by atoms with Crippen molar-refractivity contribution < 1.29 is 4.74 Å². The second-order valence-electron chi connectivity index (χ2n) is 5.80. The predicted octanol–water partition coefficient (Wildman–Crippen LogP) is 3.39. The number of hydrogen-bond acceptors (Lipinski definition) is 4. The van der Waals surface area contributed by atoms with Gasteiger partial charge in [-0.05, 0) is 49.1 Å². The van der Waals surface area contributed by atoms with Crippen LogP contribution in [0.15, 0.2) is 18.2 Å². The molecule has 0 saturated carbocycles. The largest absolute Gasteiger partial charge is 0.496 e. The Bertz CT molecular complexity index is 783. The zero-order chi connectivity index (χ0) is 16.2. The van der Waals surface area contributed by atoms with Gasteiger partial charge < -0.3 is 9.30 Å². The smallest absolute Gasteiger partial charge is 0.174 e. The highest BCUT2D eigenvalue weighted by atomic mass is 16.5. The van der Waals surface area contributed by atoms with Crippen LogP contribution in [0, 0.1) is 18.3 Å². The third-order valence-corrected chi connectivity index (χ3v) is 4.20. The summed E-state index contributed by atoms with van der Waals surface area (Å²) < 4.78 is 7.38. The number of nitriles is 1. The molecule has 3 rings (SSSR count). The molecule has 0 fully saturated rings. The highest BCUT2D eigenvalue weighted by molar-refractivity contribution is 5.87. The number of aromatic nitrogens is 3. The molecule has 0 atom stereocenters. The van der Waals surface area contributed by atoms with Crippen LogP contribution in [0.25, 0.3) is 11.6 Å². The number of allylic oxidation sites excluding steroid dienone is 1. The summed E-state index contributed by atoms with van der Waals surface area (Å²) in [7, 11) is 1.66. The van der Waals surface area contributed by atoms with Crippen LogP contribution in [0.1, 0.15) is 42.0 Å². The molecule has 23 heavy (non-hydrogen) atoms. The van der Waals surface area contributed by atoms with Gasteiger partial charge in [0.15, 0.2) is 5.82 Å². The van der Waals surface area contributed by atoms with E-state index in [1.807, 2.05) is 31.2 Å². The van der Waals surface area contributed by atoms with Crippen molar-refractivity contribution in [3.05, 3.63) is 41.0 Å². The number of ether oxygens (including phenoxy) is 1. The second kappa shape index (κ2) is 6.66. The Morgan fingerprint density at radius 3 is 2.91 bits per heavy atom. The quantitative estimate of drug-likeness (QED) is 0.815. The first kappa shape index (κ1) is 15.3. The van der Waals surface area contributed by atoms with Gasteiger partial charge in [-0.2, -0.15) is 5.26 Å². The molecule has 1 aliphatic heterocycles. The van der Waals surface area contributed by atoms with Crippen LogP contribution in [0.4, 0.5) is 0 Å². The topological polar surface area (TPSA) is 63.7 Å². The van der Waals surface area contributed by atoms with E-state index in [2.05, 4.69) is 20.8 Å². The molecule has 0 spiro atoms. The van der Waals surface area contributed by atoms with Crippen LogP contribution in [-0.2, 0) is 13.0 Å². The van der Waals surface area contributed by atoms with Gasteiger partial charge in [-0.25, -0.2) is 0 Å². The second-order valence-corrected chi connectivity index (χ2v) is 5.80. The average molecular weight is 308 g/mol. The fourth-order valence-corrected chi connectivity index (χ4v) is 2.99. The molecule has 0 radical (unpaired) electrons. The molecule has 5 heteroatoms. The number of aryl methyl sites for hydroxylation is 2. The predicted molar refractivity (Wildman–Crippen MR) is 88.8 cm³/mol. The number of benzene rings is 1. The van der Waals surface area contributed by atoms with E-state index in [1.165, 1.54) is 6.42 Å². The highest BCUT2D eigenvalue weighted by Gasteiger charge is 2.17. The van der Waals surface area contributed by atoms with Gasteiger partial charge in [-0.1, -0.05) is 12.5 Å². The summed E-state index contributed by atoms with van der Waals surface area (Å²) in [4.78, 5) is 0. The molecular weight excluding hydrogens is 288 g/mol. The Morgan fingerprint density at radius 2 is 2.17 bits per heavy atom. The maximum absolute atomic E-state index is 9.58. The van der Waals surface area contributed by atoms with E-state index < -0.39 is 0 Å². The van der Waals surface area contributed by atoms with Gasteiger partial charge in [0.05, 0.1) is 12.7 Å². The van der Waals surface area contributed by atoms with Crippen LogP contribution < -0.4 is 4.74 Å². The third kappa shape index (κ3) is 3.11. The molecule has 1 aromatic carbocycles. The third-order valence-electron chi connectivity index (χ3n) is 4.20. The van der Waals surface area contributed by atoms with Crippen molar-refractivity contribution in [1.29, 1.82) is 5.26 Å². The van der Waals surface area contributed by atoms with Gasteiger partial charge in [-0.15, -0.1) is 10.2 Å². The van der Waals surface area contributed by atoms with E-state index in [1.54, 1.807) is 7.11 Å². The minimum absolute atomic E-state index is 0.551. The Balaban J connectivity index is 1.99. The van der Waals surface area contributed by atoms with Crippen molar-refractivity contribution in [1.82, 2.24) is 14.8 Å². The number of fused-ring (bicyclic) bond motifs is 1. The van der Waals surface area contributed by atoms with E-state index in [9.17, 15) is 5.26 Å². The number of methoxy groups -OCH3 is 1. The summed E-state index contributed by atoms with van der Waals surface area (Å²) in [6, 6.07) is 8.15. The fourth-order valence-electron chi connectivity index (χ4n) is 2.99. The molecule has 5 nitrogen and oxygen atoms in total. The molecule has 0 bridgehead atoms. The summed E-state index contributed by atoms with van der Waals surface area (Å²) in [6.45, 7) is 2.88. The van der Waals surface area contributed by atoms with Crippen LogP contribution >= 0.6 is 0 Å². The van der Waals surface area contributed by atoms with E-state index in [4.69, 9.17) is 4.74 Å². The van der Waals surface area contributed by atoms with E-state index in [0.717, 1.165) is 48.5 Å². The maximum atomic E-state index is 9.58. The monoisotopic (exact) mass is 308 g/mol. The number of hydrogen-bond donors (Lipinski definition) is 0. The minimum Gasteiger partial charge on any atom is -0.496 e. The Morgan fingerprint density at radius 1 is 1.30 bits per heavy atom. The molecule has 118 valence electrons. The van der Waals surface area contributed by atoms with Gasteiger partial charge >= 0.3 is 0 Å². The van der Waals surface area contributed by atoms with Crippen LogP contribution in [0.3, 0.4) is 0 Å². The standard InChI is InChI=1S/C18H20N4O/c1-13-10-14(7-8-16(13)23-2)11-15(12-19)18-21-20-17-6-4-3-5-9-22(17)18/h7-8,10-11H,3-6,9H2,1-2H3. The van der Waals surface area contributed by atoms with Gasteiger partial charge in [-0.3, -0.25) is 0 Å². The van der Waals surface area contributed by atoms with Gasteiger partial charge in [0.25, 0.3) is 0 Å². The van der Waals surface area contributed by atoms with Gasteiger partial charge in [0.1, 0.15) is 17.6 Å². The maximum Gasteiger partial charge on any atom is 0.174 e. The van der Waals surface area contributed by atoms with Crippen molar-refractivity contribution in [2.24, 2.45) is 0 Å². The van der Waals surface area contributed by atoms with Crippen molar-refractivity contribution >= 4 is 11.6 Å². The van der Waals surface area contributed by atoms with Gasteiger partial charge in [0.2, 0.25) is 0 Å². The van der Waals surface area contributed by atoms with E-state index in [0.29, 0.717) is 11.4 Å². The van der Waals surface area contributed by atoms with Crippen LogP contribution in [0.5, 0.6) is 5.75 Å². The van der Waals surface area contributed by atoms with Crippen molar-refractivity contribution in [3.63, 3.8) is 0 Å². The number of rotatable bonds is 3. The molecule has 0 N–H and O–H groups in total. The Hall–Kier alpha value is -2.61. The summed E-state index contributed by atoms with van der Waals surface area (Å²) in [6.07, 6.45) is 6.26. The summed E-state index contributed by atoms with van der Waals surface area (Å²) >= 11 is 0. The van der Waals surface area contributed by atoms with Crippen molar-refractivity contribution in [2.75, 3.05) is 7.11 Å². The SMILES string of the molecule is COc1ccc(C=C(C#N)c2nnc3n2CCCCC3)cc1C. The van der Waals surface area contributed by atoms with E-state index >= 15 is 0 Å². The Kier molecular flexibility index (Phi) is 4.42. The molecule has 0 amide bonds. The lowest BCUT2D eigenvalue weighted by Gasteiger charge is -2.07. The first-order valence-corrected chi connectivity index (χ1v) is 7.92. The summed E-state index contributed by atoms with van der Waals surface area (Å²) in [5.74, 6) is 2.51. The molecule has 2 aromatic rings. The lowest BCUT2D eigenvalue weighted by Crippen LogP contribution is -2.05. The lowest BCUT2D eigenvalue weighted by molar-refractivity contribution is 0.411. The van der Waals surface area contributed by atoms with Crippen LogP contribution in [0.2, 0.25) is 0 Å². The molecular formula is C18H20N4O. The summed E-state index contributed by atoms with van der Waals surface area (Å²) in [5, 5.41) is 18.1. The highest BCUT2D eigenvalue weighted by Crippen LogP contribution is 2.24. The molecule has 0 aliphatic carbocycles. The normalized spacial score (nSPS) is 14.7. The van der Waals surface area contributed by atoms with E-state index in [-0.39, 0.29) is 0 Å². The molecule has 1 aliphatic rings. The fraction of sp³-hybridized carbons (Fsp3) is 0.389. The van der Waals surface area contributed by atoms with Crippen molar-refractivity contribution in [3.8, 4) is 11.8 Å². The minimum atomic E-state index is 0.551. The lowest BCUT2D eigenvalue weighted by atomic mass is 10.1. The average Bonchev–Trinajstić information content (AvgIpc) is 2.81. The summed E-state index contributed by atoms with van der Waals surface area (Å²) in [5.41, 5.74) is 2.56. The zero-order valence-corrected chi connectivity index (χ0v) is 13.5. The Labute approximate surface area is 136 Å². The molecule has 0 saturated heterocycles. The molecule has 0 unspecified atom stereocenters. The van der Waals surface area contributed by atoms with Gasteiger partial charge in [0, 0.05) is 13.0 Å².